The lowest BCUT2D eigenvalue weighted by molar-refractivity contribution is 0.0880. The van der Waals surface area contributed by atoms with Crippen molar-refractivity contribution in [3.8, 4) is 0 Å². The largest absolute Gasteiger partial charge is 0.450 e. The van der Waals surface area contributed by atoms with Crippen molar-refractivity contribution in [2.45, 2.75) is 0 Å². The second-order valence-corrected chi connectivity index (χ2v) is 1.10. The van der Waals surface area contributed by atoms with Crippen molar-refractivity contribution in [1.29, 1.82) is 0 Å². The second kappa shape index (κ2) is 1.79. The lowest BCUT2D eigenvalue weighted by Gasteiger charge is -1.84. The van der Waals surface area contributed by atoms with Crippen LogP contribution in [0.1, 0.15) is 0 Å². The molecule has 0 radical (unpaired) electrons. The van der Waals surface area contributed by atoms with Crippen molar-refractivity contribution in [2.75, 3.05) is 13.4 Å². The Morgan fingerprint density at radius 2 is 2.57 bits per heavy atom. The van der Waals surface area contributed by atoms with E-state index in [0.717, 1.165) is 0 Å². The third-order valence-electron chi connectivity index (χ3n) is 0.646. The second-order valence-electron chi connectivity index (χ2n) is 1.10. The molecule has 0 bridgehead atoms. The van der Waals surface area contributed by atoms with Gasteiger partial charge in [0.15, 0.2) is 6.79 Å². The van der Waals surface area contributed by atoms with Gasteiger partial charge >= 0.3 is 0 Å². The lowest BCUT2D eigenvalue weighted by atomic mass is 10.7. The summed E-state index contributed by atoms with van der Waals surface area (Å²) in [6.45, 7) is 0.496. The Hall–Kier alpha value is -0.770. The molecular formula is C3H5NO3. The highest BCUT2D eigenvalue weighted by Crippen LogP contribution is 1.92. The Kier molecular flexibility index (Phi) is 1.12. The van der Waals surface area contributed by atoms with Crippen LogP contribution in [0.15, 0.2) is 5.16 Å². The summed E-state index contributed by atoms with van der Waals surface area (Å²) in [6, 6.07) is 0. The maximum atomic E-state index is 7.95. The fraction of sp³-hybridized carbons (Fsp3) is 0.667. The third kappa shape index (κ3) is 0.806. The van der Waals surface area contributed by atoms with Gasteiger partial charge in [-0.25, -0.2) is 0 Å². The highest BCUT2D eigenvalue weighted by Gasteiger charge is 2.07. The van der Waals surface area contributed by atoms with Crippen LogP contribution in [-0.2, 0) is 9.47 Å². The maximum absolute atomic E-state index is 7.95. The van der Waals surface area contributed by atoms with Gasteiger partial charge in [-0.3, -0.25) is 0 Å². The molecule has 0 amide bonds. The Balaban J connectivity index is 2.41. The first kappa shape index (κ1) is 4.39. The predicted molar refractivity (Wildman–Crippen MR) is 21.1 cm³/mol. The van der Waals surface area contributed by atoms with Crippen LogP contribution in [0.25, 0.3) is 0 Å². The molecule has 1 aliphatic heterocycles. The average Bonchev–Trinajstić information content (AvgIpc) is 2.14. The van der Waals surface area contributed by atoms with Crippen LogP contribution < -0.4 is 0 Å². The zero-order chi connectivity index (χ0) is 5.11. The summed E-state index contributed by atoms with van der Waals surface area (Å²) in [5, 5.41) is 10.7. The molecule has 0 aromatic heterocycles. The van der Waals surface area contributed by atoms with Gasteiger partial charge < -0.3 is 14.7 Å². The summed E-state index contributed by atoms with van der Waals surface area (Å²) in [5.74, 6) is 0.250. The van der Waals surface area contributed by atoms with E-state index in [2.05, 4.69) is 14.6 Å². The molecule has 1 saturated heterocycles. The zero-order valence-corrected chi connectivity index (χ0v) is 3.63. The monoisotopic (exact) mass is 103 g/mol. The quantitative estimate of drug-likeness (QED) is 0.340. The Bertz CT molecular complexity index is 82.2. The van der Waals surface area contributed by atoms with Crippen LogP contribution in [0.4, 0.5) is 0 Å². The molecule has 1 N–H and O–H groups in total. The Morgan fingerprint density at radius 1 is 1.71 bits per heavy atom. The summed E-state index contributed by atoms with van der Waals surface area (Å²) < 4.78 is 9.21. The van der Waals surface area contributed by atoms with Gasteiger partial charge in [0.1, 0.15) is 6.61 Å². The van der Waals surface area contributed by atoms with Crippen LogP contribution in [0.5, 0.6) is 0 Å². The fourth-order valence-electron chi connectivity index (χ4n) is 0.338. The molecular weight excluding hydrogens is 98.0 g/mol. The number of hydrogen-bond acceptors (Lipinski definition) is 4. The maximum Gasteiger partial charge on any atom is 0.254 e. The van der Waals surface area contributed by atoms with Crippen LogP contribution in [0.2, 0.25) is 0 Å². The van der Waals surface area contributed by atoms with E-state index in [0.29, 0.717) is 0 Å². The van der Waals surface area contributed by atoms with E-state index in [1.54, 1.807) is 0 Å². The van der Waals surface area contributed by atoms with Gasteiger partial charge in [0.2, 0.25) is 0 Å². The zero-order valence-electron chi connectivity index (χ0n) is 3.63. The van der Waals surface area contributed by atoms with Crippen molar-refractivity contribution in [2.24, 2.45) is 5.16 Å². The summed E-state index contributed by atoms with van der Waals surface area (Å²) in [5.41, 5.74) is 0. The van der Waals surface area contributed by atoms with E-state index in [9.17, 15) is 0 Å². The topological polar surface area (TPSA) is 51.1 Å². The smallest absolute Gasteiger partial charge is 0.254 e. The summed E-state index contributed by atoms with van der Waals surface area (Å²) >= 11 is 0. The summed E-state index contributed by atoms with van der Waals surface area (Å²) in [7, 11) is 0. The number of oxime groups is 1. The molecule has 0 aromatic rings. The van der Waals surface area contributed by atoms with E-state index in [-0.39, 0.29) is 19.3 Å². The van der Waals surface area contributed by atoms with Crippen molar-refractivity contribution in [3.63, 3.8) is 0 Å². The molecule has 1 aliphatic rings. The number of nitrogens with zero attached hydrogens (tertiary/aromatic N) is 1. The van der Waals surface area contributed by atoms with Crippen molar-refractivity contribution in [1.82, 2.24) is 0 Å². The van der Waals surface area contributed by atoms with E-state index >= 15 is 0 Å². The van der Waals surface area contributed by atoms with E-state index < -0.39 is 0 Å². The van der Waals surface area contributed by atoms with Crippen LogP contribution in [0.3, 0.4) is 0 Å². The van der Waals surface area contributed by atoms with Gasteiger partial charge in [0.05, 0.1) is 0 Å². The molecule has 40 valence electrons. The lowest BCUT2D eigenvalue weighted by Crippen LogP contribution is -1.96. The normalized spacial score (nSPS) is 25.4. The van der Waals surface area contributed by atoms with Crippen molar-refractivity contribution in [3.05, 3.63) is 0 Å². The first-order chi connectivity index (χ1) is 3.43. The molecule has 7 heavy (non-hydrogen) atoms. The minimum absolute atomic E-state index is 0.208. The number of hydrogen-bond donors (Lipinski definition) is 1. The Labute approximate surface area is 40.3 Å². The first-order valence-electron chi connectivity index (χ1n) is 1.85. The molecule has 1 heterocycles. The van der Waals surface area contributed by atoms with Crippen molar-refractivity contribution >= 4 is 5.90 Å². The highest BCUT2D eigenvalue weighted by atomic mass is 16.7. The minimum atomic E-state index is 0.208. The van der Waals surface area contributed by atoms with Gasteiger partial charge in [-0.15, -0.1) is 0 Å². The molecule has 4 heteroatoms. The van der Waals surface area contributed by atoms with Gasteiger partial charge in [0.25, 0.3) is 5.90 Å². The summed E-state index contributed by atoms with van der Waals surface area (Å²) in [4.78, 5) is 0. The van der Waals surface area contributed by atoms with Crippen LogP contribution in [0, 0.1) is 0 Å². The predicted octanol–water partition coefficient (Wildman–Crippen LogP) is -0.222. The molecule has 1 fully saturated rings. The minimum Gasteiger partial charge on any atom is -0.450 e. The highest BCUT2D eigenvalue weighted by molar-refractivity contribution is 5.77. The van der Waals surface area contributed by atoms with Gasteiger partial charge in [-0.05, 0) is 0 Å². The molecule has 0 saturated carbocycles. The molecule has 4 nitrogen and oxygen atoms in total. The molecule has 0 aromatic carbocycles. The van der Waals surface area contributed by atoms with Crippen LogP contribution >= 0.6 is 0 Å². The van der Waals surface area contributed by atoms with Gasteiger partial charge in [-0.1, -0.05) is 5.16 Å². The van der Waals surface area contributed by atoms with E-state index in [1.165, 1.54) is 0 Å². The molecule has 0 aliphatic carbocycles. The molecule has 0 spiro atoms. The number of ether oxygens (including phenoxy) is 2. The third-order valence-corrected chi connectivity index (χ3v) is 0.646. The summed E-state index contributed by atoms with van der Waals surface area (Å²) in [6.07, 6.45) is 0. The SMILES string of the molecule is O/N=C1\COCO1. The van der Waals surface area contributed by atoms with Gasteiger partial charge in [-0.2, -0.15) is 0 Å². The average molecular weight is 103 g/mol. The standard InChI is InChI=1S/C3H5NO3/c5-4-3-1-6-2-7-3/h5H,1-2H2/b4-3+. The molecule has 1 rings (SSSR count). The molecule has 0 atom stereocenters. The van der Waals surface area contributed by atoms with Gasteiger partial charge in [0, 0.05) is 0 Å². The van der Waals surface area contributed by atoms with E-state index in [4.69, 9.17) is 5.21 Å². The number of rotatable bonds is 0. The fourth-order valence-corrected chi connectivity index (χ4v) is 0.338. The van der Waals surface area contributed by atoms with Crippen LogP contribution in [-0.4, -0.2) is 24.5 Å². The first-order valence-corrected chi connectivity index (χ1v) is 1.85. The van der Waals surface area contributed by atoms with Crippen molar-refractivity contribution < 1.29 is 14.7 Å². The Morgan fingerprint density at radius 3 is 2.86 bits per heavy atom. The molecule has 0 unspecified atom stereocenters. The van der Waals surface area contributed by atoms with E-state index in [1.807, 2.05) is 0 Å².